The first-order valence-corrected chi connectivity index (χ1v) is 17.5. The van der Waals surface area contributed by atoms with Crippen molar-refractivity contribution < 1.29 is 14.7 Å². The fraction of sp³-hybridized carbons (Fsp3) is 0.100. The molecule has 0 aromatic heterocycles. The molecule has 0 saturated carbocycles. The van der Waals surface area contributed by atoms with Gasteiger partial charge >= 0.3 is 7.32 Å². The summed E-state index contributed by atoms with van der Waals surface area (Å²) in [6, 6.07) is 55.5. The van der Waals surface area contributed by atoms with Gasteiger partial charge in [-0.15, -0.1) is 0 Å². The first kappa shape index (κ1) is 30.6. The van der Waals surface area contributed by atoms with Crippen LogP contribution in [0.25, 0.3) is 32.3 Å². The molecule has 0 radical (unpaired) electrons. The molecule has 0 aliphatic heterocycles. The van der Waals surface area contributed by atoms with Gasteiger partial charge in [0, 0.05) is 5.39 Å². The molecule has 0 unspecified atom stereocenters. The molecule has 222 valence electrons. The van der Waals surface area contributed by atoms with E-state index in [-0.39, 0.29) is 0 Å². The molecule has 0 atom stereocenters. The fourth-order valence-electron chi connectivity index (χ4n) is 6.26. The lowest BCUT2D eigenvalue weighted by atomic mass is 9.97. The molecule has 7 rings (SSSR count). The molecule has 0 spiro atoms. The molecule has 5 heteroatoms. The minimum Gasteiger partial charge on any atom is -0.511 e. The van der Waals surface area contributed by atoms with Crippen LogP contribution in [-0.4, -0.2) is 23.5 Å². The van der Waals surface area contributed by atoms with E-state index in [9.17, 15) is 0 Å². The Morgan fingerprint density at radius 3 is 1.56 bits per heavy atom. The van der Waals surface area contributed by atoms with Crippen LogP contribution < -0.4 is 20.6 Å². The topological polar surface area (TPSA) is 49.7 Å². The maximum absolute atomic E-state index is 9.14. The number of unbranched alkanes of at least 4 members (excludes halogenated alkanes) is 1. The van der Waals surface area contributed by atoms with Gasteiger partial charge in [0.25, 0.3) is 0 Å². The van der Waals surface area contributed by atoms with Gasteiger partial charge in [-0.2, -0.15) is 0 Å². The third kappa shape index (κ3) is 6.50. The minimum atomic E-state index is -1.83. The maximum atomic E-state index is 9.14. The highest BCUT2D eigenvalue weighted by atomic mass is 31.2. The van der Waals surface area contributed by atoms with Crippen LogP contribution in [-0.2, 0) is 0 Å². The third-order valence-electron chi connectivity index (χ3n) is 8.36. The Bertz CT molecular complexity index is 1900. The fourth-order valence-corrected chi connectivity index (χ4v) is 10.8. The molecule has 0 aliphatic carbocycles. The van der Waals surface area contributed by atoms with E-state index in [0.29, 0.717) is 5.75 Å². The maximum Gasteiger partial charge on any atom is 0.707 e. The van der Waals surface area contributed by atoms with E-state index in [4.69, 9.17) is 14.7 Å². The van der Waals surface area contributed by atoms with Gasteiger partial charge in [-0.05, 0) is 87.9 Å². The van der Waals surface area contributed by atoms with E-state index < -0.39 is 14.6 Å². The van der Waals surface area contributed by atoms with Crippen molar-refractivity contribution in [3.05, 3.63) is 158 Å². The van der Waals surface area contributed by atoms with Gasteiger partial charge in [0.05, 0.1) is 6.16 Å². The van der Waals surface area contributed by atoms with Crippen LogP contribution in [0.2, 0.25) is 0 Å². The summed E-state index contributed by atoms with van der Waals surface area (Å²) >= 11 is 0. The van der Waals surface area contributed by atoms with Crippen LogP contribution in [0.4, 0.5) is 0 Å². The van der Waals surface area contributed by atoms with Crippen molar-refractivity contribution in [3.8, 4) is 5.75 Å². The summed E-state index contributed by atoms with van der Waals surface area (Å²) < 4.78 is 5.16. The number of rotatable bonds is 8. The van der Waals surface area contributed by atoms with Gasteiger partial charge in [0.1, 0.15) is 28.9 Å². The molecular weight excluding hydrogens is 570 g/mol. The molecule has 0 heterocycles. The van der Waals surface area contributed by atoms with Crippen LogP contribution in [0.3, 0.4) is 0 Å². The predicted molar refractivity (Wildman–Crippen MR) is 195 cm³/mol. The number of hydrogen-bond acceptors (Lipinski definition) is 3. The highest BCUT2D eigenvalue weighted by Gasteiger charge is 2.44. The second-order valence-electron chi connectivity index (χ2n) is 11.2. The molecule has 0 saturated heterocycles. The van der Waals surface area contributed by atoms with E-state index in [2.05, 4.69) is 128 Å². The summed E-state index contributed by atoms with van der Waals surface area (Å²) in [5.41, 5.74) is 0. The average molecular weight is 608 g/mol. The van der Waals surface area contributed by atoms with Crippen molar-refractivity contribution in [2.24, 2.45) is 0 Å². The Balaban J connectivity index is 0.000000159. The lowest BCUT2D eigenvalue weighted by molar-refractivity contribution is 0.289. The van der Waals surface area contributed by atoms with Gasteiger partial charge in [-0.3, -0.25) is 0 Å². The molecule has 0 amide bonds. The second kappa shape index (κ2) is 14.1. The Labute approximate surface area is 266 Å². The van der Waals surface area contributed by atoms with Gasteiger partial charge < -0.3 is 14.7 Å². The van der Waals surface area contributed by atoms with Crippen LogP contribution in [0.5, 0.6) is 5.75 Å². The molecule has 0 bridgehead atoms. The zero-order valence-corrected chi connectivity index (χ0v) is 26.4. The summed E-state index contributed by atoms with van der Waals surface area (Å²) in [5, 5.41) is 29.1. The molecule has 2 N–H and O–H groups in total. The highest BCUT2D eigenvalue weighted by molar-refractivity contribution is 7.95. The minimum absolute atomic E-state index is 0.466. The standard InChI is InChI=1S/C22H24P.C18H13BO3/c1-2-3-19-23(20-13-7-4-8-14-20,21-15-9-5-10-16-21)22-17-11-6-12-18-22;20-19(21)22-17-7-3-6-12-8-9-15-10-13-4-1-2-5-14(13)11-16(15)18(12)17/h4-18H,2-3,19H2,1H3;1-11,20-21H/q+1;. The summed E-state index contributed by atoms with van der Waals surface area (Å²) in [6.45, 7) is 2.29. The van der Waals surface area contributed by atoms with Crippen molar-refractivity contribution in [2.45, 2.75) is 19.8 Å². The van der Waals surface area contributed by atoms with Crippen molar-refractivity contribution in [1.82, 2.24) is 0 Å². The van der Waals surface area contributed by atoms with Crippen molar-refractivity contribution in [2.75, 3.05) is 6.16 Å². The Morgan fingerprint density at radius 2 is 1.02 bits per heavy atom. The molecular formula is C40H37BO3P+. The normalized spacial score (nSPS) is 11.3. The third-order valence-corrected chi connectivity index (χ3v) is 12.9. The Hall–Kier alpha value is -4.47. The monoisotopic (exact) mass is 607 g/mol. The smallest absolute Gasteiger partial charge is 0.511 e. The molecule has 7 aromatic carbocycles. The van der Waals surface area contributed by atoms with Gasteiger partial charge in [0.2, 0.25) is 0 Å². The van der Waals surface area contributed by atoms with E-state index >= 15 is 0 Å². The average Bonchev–Trinajstić information content (AvgIpc) is 3.09. The highest BCUT2D eigenvalue weighted by Crippen LogP contribution is 2.55. The summed E-state index contributed by atoms with van der Waals surface area (Å²) in [4.78, 5) is 0. The van der Waals surface area contributed by atoms with Crippen LogP contribution in [0.1, 0.15) is 19.8 Å². The largest absolute Gasteiger partial charge is 0.707 e. The zero-order valence-electron chi connectivity index (χ0n) is 25.5. The van der Waals surface area contributed by atoms with E-state index in [0.717, 1.165) is 26.9 Å². The molecule has 7 aromatic rings. The van der Waals surface area contributed by atoms with Crippen molar-refractivity contribution in [3.63, 3.8) is 0 Å². The van der Waals surface area contributed by atoms with Crippen molar-refractivity contribution in [1.29, 1.82) is 0 Å². The summed E-state index contributed by atoms with van der Waals surface area (Å²) in [5.74, 6) is 0.466. The summed E-state index contributed by atoms with van der Waals surface area (Å²) in [7, 11) is -3.40. The molecule has 45 heavy (non-hydrogen) atoms. The lowest BCUT2D eigenvalue weighted by Gasteiger charge is -2.27. The second-order valence-corrected chi connectivity index (χ2v) is 14.8. The van der Waals surface area contributed by atoms with Crippen LogP contribution in [0.15, 0.2) is 158 Å². The van der Waals surface area contributed by atoms with E-state index in [1.54, 1.807) is 6.07 Å². The first-order valence-electron chi connectivity index (χ1n) is 15.5. The van der Waals surface area contributed by atoms with E-state index in [1.165, 1.54) is 40.3 Å². The quantitative estimate of drug-likeness (QED) is 0.0792. The van der Waals surface area contributed by atoms with E-state index in [1.807, 2.05) is 30.3 Å². The predicted octanol–water partition coefficient (Wildman–Crippen LogP) is 8.28. The Kier molecular flexibility index (Phi) is 9.57. The number of hydrogen-bond donors (Lipinski definition) is 2. The first-order chi connectivity index (χ1) is 22.1. The lowest BCUT2D eigenvalue weighted by Crippen LogP contribution is -2.33. The van der Waals surface area contributed by atoms with Gasteiger partial charge in [0.15, 0.2) is 0 Å². The summed E-state index contributed by atoms with van der Waals surface area (Å²) in [6.07, 6.45) is 3.72. The molecule has 3 nitrogen and oxygen atoms in total. The zero-order chi connectivity index (χ0) is 31.1. The van der Waals surface area contributed by atoms with Crippen LogP contribution >= 0.6 is 7.26 Å². The molecule has 0 fully saturated rings. The SMILES string of the molecule is CCCC[P+](c1ccccc1)(c1ccccc1)c1ccccc1.OB(O)Oc1cccc2ccc3cc4ccccc4cc3c12. The van der Waals surface area contributed by atoms with Crippen molar-refractivity contribution >= 4 is 62.8 Å². The van der Waals surface area contributed by atoms with Gasteiger partial charge in [-0.1, -0.05) is 116 Å². The van der Waals surface area contributed by atoms with Crippen LogP contribution in [0, 0.1) is 0 Å². The Morgan fingerprint density at radius 1 is 0.533 bits per heavy atom. The number of fused-ring (bicyclic) bond motifs is 4. The van der Waals surface area contributed by atoms with Gasteiger partial charge in [-0.25, -0.2) is 0 Å². The molecule has 0 aliphatic rings. The number of benzene rings is 7.